The van der Waals surface area contributed by atoms with Crippen LogP contribution in [0.5, 0.6) is 0 Å². The fourth-order valence-corrected chi connectivity index (χ4v) is 2.32. The summed E-state index contributed by atoms with van der Waals surface area (Å²) >= 11 is 0. The SMILES string of the molecule is CCCNc1cc(N2CCC(C)(C(N)=O)C2)nc(N)n1. The van der Waals surface area contributed by atoms with E-state index in [0.717, 1.165) is 31.7 Å². The second-order valence-electron chi connectivity index (χ2n) is 5.49. The molecule has 0 radical (unpaired) electrons. The van der Waals surface area contributed by atoms with Gasteiger partial charge in [0.25, 0.3) is 0 Å². The Balaban J connectivity index is 2.17. The van der Waals surface area contributed by atoms with Crippen LogP contribution in [0.3, 0.4) is 0 Å². The van der Waals surface area contributed by atoms with Crippen LogP contribution in [0.25, 0.3) is 0 Å². The molecule has 2 rings (SSSR count). The number of carbonyl (C=O) groups is 1. The molecule has 1 aliphatic rings. The number of nitrogen functional groups attached to an aromatic ring is 1. The van der Waals surface area contributed by atoms with E-state index in [-0.39, 0.29) is 11.9 Å². The minimum absolute atomic E-state index is 0.230. The third-order valence-electron chi connectivity index (χ3n) is 3.68. The maximum absolute atomic E-state index is 11.5. The van der Waals surface area contributed by atoms with Crippen LogP contribution in [0.2, 0.25) is 0 Å². The maximum atomic E-state index is 11.5. The molecule has 7 nitrogen and oxygen atoms in total. The summed E-state index contributed by atoms with van der Waals surface area (Å²) in [7, 11) is 0. The third kappa shape index (κ3) is 2.92. The lowest BCUT2D eigenvalue weighted by atomic mass is 9.89. The summed E-state index contributed by atoms with van der Waals surface area (Å²) in [5.41, 5.74) is 10.7. The Kier molecular flexibility index (Phi) is 3.96. The van der Waals surface area contributed by atoms with Crippen LogP contribution in [0.1, 0.15) is 26.7 Å². The molecular weight excluding hydrogens is 256 g/mol. The quantitative estimate of drug-likeness (QED) is 0.726. The molecule has 1 aliphatic heterocycles. The van der Waals surface area contributed by atoms with Gasteiger partial charge in [-0.25, -0.2) is 0 Å². The number of nitrogens with zero attached hydrogens (tertiary/aromatic N) is 3. The van der Waals surface area contributed by atoms with Crippen LogP contribution in [0, 0.1) is 5.41 Å². The molecule has 0 aromatic carbocycles. The van der Waals surface area contributed by atoms with Gasteiger partial charge in [-0.05, 0) is 19.8 Å². The smallest absolute Gasteiger partial charge is 0.225 e. The monoisotopic (exact) mass is 278 g/mol. The van der Waals surface area contributed by atoms with E-state index in [2.05, 4.69) is 22.2 Å². The summed E-state index contributed by atoms with van der Waals surface area (Å²) < 4.78 is 0. The molecule has 7 heteroatoms. The fraction of sp³-hybridized carbons (Fsp3) is 0.615. The lowest BCUT2D eigenvalue weighted by molar-refractivity contribution is -0.125. The van der Waals surface area contributed by atoms with Crippen molar-refractivity contribution in [1.82, 2.24) is 9.97 Å². The van der Waals surface area contributed by atoms with Crippen LogP contribution >= 0.6 is 0 Å². The molecule has 0 saturated carbocycles. The molecule has 1 atom stereocenters. The van der Waals surface area contributed by atoms with E-state index < -0.39 is 5.41 Å². The van der Waals surface area contributed by atoms with Gasteiger partial charge >= 0.3 is 0 Å². The van der Waals surface area contributed by atoms with Crippen molar-refractivity contribution in [2.24, 2.45) is 11.1 Å². The molecular formula is C13H22N6O. The number of nitrogens with two attached hydrogens (primary N) is 2. The van der Waals surface area contributed by atoms with Gasteiger partial charge in [0, 0.05) is 25.7 Å². The molecule has 0 bridgehead atoms. The average molecular weight is 278 g/mol. The maximum Gasteiger partial charge on any atom is 0.225 e. The van der Waals surface area contributed by atoms with Crippen LogP contribution in [0.4, 0.5) is 17.6 Å². The molecule has 2 heterocycles. The first-order valence-electron chi connectivity index (χ1n) is 6.88. The predicted octanol–water partition coefficient (Wildman–Crippen LogP) is 0.582. The number of carbonyl (C=O) groups excluding carboxylic acids is 1. The van der Waals surface area contributed by atoms with Crippen LogP contribution in [-0.4, -0.2) is 35.5 Å². The summed E-state index contributed by atoms with van der Waals surface area (Å²) in [5.74, 6) is 1.41. The van der Waals surface area contributed by atoms with E-state index in [9.17, 15) is 4.79 Å². The van der Waals surface area contributed by atoms with Gasteiger partial charge in [0.05, 0.1) is 5.41 Å². The Bertz CT molecular complexity index is 506. The van der Waals surface area contributed by atoms with Gasteiger partial charge in [0.1, 0.15) is 11.6 Å². The van der Waals surface area contributed by atoms with E-state index in [0.29, 0.717) is 12.4 Å². The zero-order valence-electron chi connectivity index (χ0n) is 12.0. The topological polar surface area (TPSA) is 110 Å². The Morgan fingerprint density at radius 1 is 1.55 bits per heavy atom. The van der Waals surface area contributed by atoms with Crippen molar-refractivity contribution in [2.75, 3.05) is 35.6 Å². The standard InChI is InChI=1S/C13H22N6O/c1-3-5-16-9-7-10(18-12(15)17-9)19-6-4-13(2,8-19)11(14)20/h7H,3-6,8H2,1-2H3,(H2,14,20)(H3,15,16,17,18). The van der Waals surface area contributed by atoms with E-state index in [1.165, 1.54) is 0 Å². The number of aromatic nitrogens is 2. The number of rotatable bonds is 5. The number of hydrogen-bond acceptors (Lipinski definition) is 6. The summed E-state index contributed by atoms with van der Waals surface area (Å²) in [6.07, 6.45) is 1.73. The van der Waals surface area contributed by atoms with Gasteiger partial charge in [-0.1, -0.05) is 6.92 Å². The minimum Gasteiger partial charge on any atom is -0.370 e. The van der Waals surface area contributed by atoms with Gasteiger partial charge in [-0.15, -0.1) is 0 Å². The van der Waals surface area contributed by atoms with E-state index in [1.54, 1.807) is 0 Å². The molecule has 1 amide bonds. The highest BCUT2D eigenvalue weighted by molar-refractivity contribution is 5.82. The van der Waals surface area contributed by atoms with Crippen molar-refractivity contribution in [1.29, 1.82) is 0 Å². The molecule has 5 N–H and O–H groups in total. The van der Waals surface area contributed by atoms with Crippen LogP contribution in [0.15, 0.2) is 6.07 Å². The van der Waals surface area contributed by atoms with Crippen LogP contribution < -0.4 is 21.7 Å². The predicted molar refractivity (Wildman–Crippen MR) is 79.4 cm³/mol. The van der Waals surface area contributed by atoms with Gasteiger partial charge in [-0.2, -0.15) is 9.97 Å². The molecule has 20 heavy (non-hydrogen) atoms. The minimum atomic E-state index is -0.503. The second-order valence-corrected chi connectivity index (χ2v) is 5.49. The van der Waals surface area contributed by atoms with Gasteiger partial charge in [0.2, 0.25) is 11.9 Å². The summed E-state index contributed by atoms with van der Waals surface area (Å²) in [5, 5.41) is 3.19. The number of hydrogen-bond donors (Lipinski definition) is 3. The number of primary amides is 1. The first-order valence-corrected chi connectivity index (χ1v) is 6.88. The van der Waals surface area contributed by atoms with E-state index in [1.807, 2.05) is 17.9 Å². The summed E-state index contributed by atoms with van der Waals surface area (Å²) in [4.78, 5) is 21.9. The molecule has 1 fully saturated rings. The summed E-state index contributed by atoms with van der Waals surface area (Å²) in [6.45, 7) is 6.09. The first-order chi connectivity index (χ1) is 9.44. The molecule has 0 spiro atoms. The molecule has 1 aromatic heterocycles. The van der Waals surface area contributed by atoms with E-state index in [4.69, 9.17) is 11.5 Å². The van der Waals surface area contributed by atoms with Gasteiger partial charge in [0.15, 0.2) is 0 Å². The Morgan fingerprint density at radius 2 is 2.30 bits per heavy atom. The third-order valence-corrected chi connectivity index (χ3v) is 3.68. The highest BCUT2D eigenvalue weighted by Crippen LogP contribution is 2.32. The Labute approximate surface area is 118 Å². The average Bonchev–Trinajstić information content (AvgIpc) is 2.80. The number of amides is 1. The largest absolute Gasteiger partial charge is 0.370 e. The number of anilines is 3. The molecule has 1 aromatic rings. The molecule has 110 valence electrons. The molecule has 1 saturated heterocycles. The lowest BCUT2D eigenvalue weighted by Gasteiger charge is -2.22. The zero-order valence-corrected chi connectivity index (χ0v) is 12.0. The molecule has 0 aliphatic carbocycles. The van der Waals surface area contributed by atoms with Crippen molar-refractivity contribution < 1.29 is 4.79 Å². The highest BCUT2D eigenvalue weighted by Gasteiger charge is 2.39. The van der Waals surface area contributed by atoms with Crippen molar-refractivity contribution in [3.63, 3.8) is 0 Å². The van der Waals surface area contributed by atoms with E-state index >= 15 is 0 Å². The number of nitrogens with one attached hydrogen (secondary N) is 1. The highest BCUT2D eigenvalue weighted by atomic mass is 16.1. The van der Waals surface area contributed by atoms with Crippen molar-refractivity contribution >= 4 is 23.5 Å². The summed E-state index contributed by atoms with van der Waals surface area (Å²) in [6, 6.07) is 1.86. The Morgan fingerprint density at radius 3 is 2.90 bits per heavy atom. The van der Waals surface area contributed by atoms with Gasteiger partial charge < -0.3 is 21.7 Å². The Hall–Kier alpha value is -2.05. The van der Waals surface area contributed by atoms with Crippen molar-refractivity contribution in [2.45, 2.75) is 26.7 Å². The normalized spacial score (nSPS) is 22.0. The second kappa shape index (κ2) is 5.52. The molecule has 1 unspecified atom stereocenters. The van der Waals surface area contributed by atoms with Gasteiger partial charge in [-0.3, -0.25) is 4.79 Å². The fourth-order valence-electron chi connectivity index (χ4n) is 2.32. The van der Waals surface area contributed by atoms with Crippen molar-refractivity contribution in [3.8, 4) is 0 Å². The first kappa shape index (κ1) is 14.4. The lowest BCUT2D eigenvalue weighted by Crippen LogP contribution is -2.37. The van der Waals surface area contributed by atoms with Crippen molar-refractivity contribution in [3.05, 3.63) is 6.07 Å². The zero-order chi connectivity index (χ0) is 14.8. The van der Waals surface area contributed by atoms with Crippen LogP contribution in [-0.2, 0) is 4.79 Å².